The van der Waals surface area contributed by atoms with Gasteiger partial charge in [0.25, 0.3) is 0 Å². The van der Waals surface area contributed by atoms with Crippen molar-refractivity contribution in [3.05, 3.63) is 87.9 Å². The van der Waals surface area contributed by atoms with Crippen LogP contribution in [0, 0.1) is 11.3 Å². The molecular weight excluding hydrogens is 476 g/mol. The molecule has 3 rings (SSSR count). The fraction of sp³-hybridized carbons (Fsp3) is 0.0833. The van der Waals surface area contributed by atoms with Crippen molar-refractivity contribution in [2.75, 3.05) is 12.4 Å². The Morgan fingerprint density at radius 1 is 1.19 bits per heavy atom. The van der Waals surface area contributed by atoms with Crippen LogP contribution in [0.5, 0.6) is 5.75 Å². The average molecular weight is 495 g/mol. The number of hydrogen-bond donors (Lipinski definition) is 2. The molecule has 3 aromatic carbocycles. The Balaban J connectivity index is 1.92. The van der Waals surface area contributed by atoms with E-state index in [1.165, 1.54) is 5.56 Å². The molecule has 0 radical (unpaired) electrons. The summed E-state index contributed by atoms with van der Waals surface area (Å²) in [5.74, 6) is 0.338. The van der Waals surface area contributed by atoms with E-state index in [0.717, 1.165) is 16.7 Å². The molecule has 7 heteroatoms. The summed E-state index contributed by atoms with van der Waals surface area (Å²) in [4.78, 5) is 12.1. The first-order valence-corrected chi connectivity index (χ1v) is 11.0. The molecule has 3 aromatic rings. The third-order valence-corrected chi connectivity index (χ3v) is 6.08. The number of aliphatic carboxylic acids is 1. The summed E-state index contributed by atoms with van der Waals surface area (Å²) < 4.78 is 6.06. The average Bonchev–Trinajstić information content (AvgIpc) is 2.78. The third-order valence-electron chi connectivity index (χ3n) is 4.36. The fourth-order valence-corrected chi connectivity index (χ4v) is 4.15. The summed E-state index contributed by atoms with van der Waals surface area (Å²) in [6, 6.07) is 21.5. The highest BCUT2D eigenvalue weighted by Gasteiger charge is 2.11. The minimum absolute atomic E-state index is 0.459. The van der Waals surface area contributed by atoms with Gasteiger partial charge in [0, 0.05) is 26.9 Å². The van der Waals surface area contributed by atoms with Crippen molar-refractivity contribution in [3.8, 4) is 11.8 Å². The van der Waals surface area contributed by atoms with Crippen LogP contribution in [0.2, 0.25) is 0 Å². The van der Waals surface area contributed by atoms with E-state index in [-0.39, 0.29) is 0 Å². The van der Waals surface area contributed by atoms with Gasteiger partial charge in [0.1, 0.15) is 11.8 Å². The predicted octanol–water partition coefficient (Wildman–Crippen LogP) is 6.46. The van der Waals surface area contributed by atoms with Crippen LogP contribution >= 0.6 is 27.7 Å². The van der Waals surface area contributed by atoms with Gasteiger partial charge >= 0.3 is 5.97 Å². The number of benzene rings is 3. The number of carboxylic acids is 1. The number of ether oxygens (including phenoxy) is 1. The van der Waals surface area contributed by atoms with Crippen molar-refractivity contribution in [1.82, 2.24) is 0 Å². The van der Waals surface area contributed by atoms with Crippen molar-refractivity contribution in [2.45, 2.75) is 10.6 Å². The largest absolute Gasteiger partial charge is 0.495 e. The van der Waals surface area contributed by atoms with E-state index in [9.17, 15) is 10.1 Å². The Morgan fingerprint density at radius 2 is 1.97 bits per heavy atom. The van der Waals surface area contributed by atoms with E-state index in [4.69, 9.17) is 9.84 Å². The van der Waals surface area contributed by atoms with E-state index in [0.29, 0.717) is 32.7 Å². The topological polar surface area (TPSA) is 82.3 Å². The van der Waals surface area contributed by atoms with Crippen molar-refractivity contribution >= 4 is 51.1 Å². The smallest absolute Gasteiger partial charge is 0.328 e. The number of carbonyl (C=O) groups is 1. The molecule has 5 nitrogen and oxygen atoms in total. The Bertz CT molecular complexity index is 1160. The maximum Gasteiger partial charge on any atom is 0.328 e. The van der Waals surface area contributed by atoms with Gasteiger partial charge in [0.15, 0.2) is 0 Å². The van der Waals surface area contributed by atoms with Gasteiger partial charge in [0.2, 0.25) is 0 Å². The highest BCUT2D eigenvalue weighted by Crippen LogP contribution is 2.36. The third kappa shape index (κ3) is 6.14. The summed E-state index contributed by atoms with van der Waals surface area (Å²) in [7, 11) is 1.55. The number of anilines is 2. The Kier molecular flexibility index (Phi) is 7.76. The molecule has 31 heavy (non-hydrogen) atoms. The van der Waals surface area contributed by atoms with Crippen molar-refractivity contribution in [3.63, 3.8) is 0 Å². The second kappa shape index (κ2) is 10.7. The lowest BCUT2D eigenvalue weighted by Gasteiger charge is -2.15. The van der Waals surface area contributed by atoms with Gasteiger partial charge in [-0.2, -0.15) is 5.26 Å². The van der Waals surface area contributed by atoms with Crippen molar-refractivity contribution in [1.29, 1.82) is 5.26 Å². The second-order valence-corrected chi connectivity index (χ2v) is 8.37. The van der Waals surface area contributed by atoms with Crippen molar-refractivity contribution in [2.24, 2.45) is 0 Å². The molecule has 0 saturated carbocycles. The van der Waals surface area contributed by atoms with E-state index < -0.39 is 5.97 Å². The normalized spacial score (nSPS) is 10.6. The molecule has 0 bridgehead atoms. The molecule has 0 aliphatic heterocycles. The minimum Gasteiger partial charge on any atom is -0.495 e. The first-order valence-electron chi connectivity index (χ1n) is 9.26. The van der Waals surface area contributed by atoms with Gasteiger partial charge in [-0.25, -0.2) is 4.79 Å². The molecule has 2 N–H and O–H groups in total. The van der Waals surface area contributed by atoms with E-state index >= 15 is 0 Å². The predicted molar refractivity (Wildman–Crippen MR) is 128 cm³/mol. The highest BCUT2D eigenvalue weighted by molar-refractivity contribution is 9.10. The van der Waals surface area contributed by atoms with Gasteiger partial charge in [-0.3, -0.25) is 0 Å². The number of methoxy groups -OCH3 is 1. The standard InChI is InChI=1S/C24H19BrN2O3S/c1-30-23-13-20(25)18(14-26)12-22(23)27-21-9-8-19(11-17(21)7-10-24(28)29)31-15-16-5-3-2-4-6-16/h2-13,27H,15H2,1H3,(H,28,29). The van der Waals surface area contributed by atoms with Crippen LogP contribution in [0.1, 0.15) is 16.7 Å². The van der Waals surface area contributed by atoms with Crippen LogP contribution in [-0.4, -0.2) is 18.2 Å². The maximum absolute atomic E-state index is 11.1. The Labute approximate surface area is 193 Å². The summed E-state index contributed by atoms with van der Waals surface area (Å²) in [6.45, 7) is 0. The Hall–Kier alpha value is -3.21. The first kappa shape index (κ1) is 22.5. The van der Waals surface area contributed by atoms with E-state index in [1.54, 1.807) is 37.1 Å². The first-order chi connectivity index (χ1) is 15.0. The molecule has 156 valence electrons. The molecule has 0 aliphatic rings. The minimum atomic E-state index is -1.03. The summed E-state index contributed by atoms with van der Waals surface area (Å²) >= 11 is 5.03. The van der Waals surface area contributed by atoms with Crippen LogP contribution in [0.4, 0.5) is 11.4 Å². The summed E-state index contributed by atoms with van der Waals surface area (Å²) in [6.07, 6.45) is 2.65. The zero-order valence-electron chi connectivity index (χ0n) is 16.6. The molecule has 0 unspecified atom stereocenters. The number of nitrogens with zero attached hydrogens (tertiary/aromatic N) is 1. The molecule has 0 amide bonds. The van der Waals surface area contributed by atoms with Crippen LogP contribution in [0.25, 0.3) is 6.08 Å². The molecule has 0 spiro atoms. The highest BCUT2D eigenvalue weighted by atomic mass is 79.9. The molecule has 0 atom stereocenters. The number of halogens is 1. The molecule has 0 aliphatic carbocycles. The zero-order chi connectivity index (χ0) is 22.2. The monoisotopic (exact) mass is 494 g/mol. The number of nitrogens with one attached hydrogen (secondary N) is 1. The lowest BCUT2D eigenvalue weighted by atomic mass is 10.1. The number of nitriles is 1. The second-order valence-electron chi connectivity index (χ2n) is 6.46. The summed E-state index contributed by atoms with van der Waals surface area (Å²) in [5, 5.41) is 21.7. The van der Waals surface area contributed by atoms with Crippen molar-refractivity contribution < 1.29 is 14.6 Å². The number of thioether (sulfide) groups is 1. The molecule has 0 heterocycles. The van der Waals surface area contributed by atoms with E-state index in [2.05, 4.69) is 39.4 Å². The molecule has 0 aromatic heterocycles. The lowest BCUT2D eigenvalue weighted by Crippen LogP contribution is -1.98. The van der Waals surface area contributed by atoms with Gasteiger partial charge in [-0.15, -0.1) is 11.8 Å². The van der Waals surface area contributed by atoms with Crippen LogP contribution in [-0.2, 0) is 10.5 Å². The van der Waals surface area contributed by atoms with Crippen LogP contribution in [0.3, 0.4) is 0 Å². The molecule has 0 saturated heterocycles. The SMILES string of the molecule is COc1cc(Br)c(C#N)cc1Nc1ccc(SCc2ccccc2)cc1C=CC(=O)O. The Morgan fingerprint density at radius 3 is 2.65 bits per heavy atom. The lowest BCUT2D eigenvalue weighted by molar-refractivity contribution is -0.131. The number of carboxylic acid groups (broad SMARTS) is 1. The van der Waals surface area contributed by atoms with Gasteiger partial charge in [-0.1, -0.05) is 30.3 Å². The van der Waals surface area contributed by atoms with Gasteiger partial charge in [-0.05, 0) is 63.5 Å². The zero-order valence-corrected chi connectivity index (χ0v) is 19.0. The summed E-state index contributed by atoms with van der Waals surface area (Å²) in [5.41, 5.74) is 3.69. The number of rotatable bonds is 8. The molecular formula is C24H19BrN2O3S. The molecule has 0 fully saturated rings. The van der Waals surface area contributed by atoms with Gasteiger partial charge in [0.05, 0.1) is 18.4 Å². The van der Waals surface area contributed by atoms with Crippen LogP contribution < -0.4 is 10.1 Å². The number of hydrogen-bond acceptors (Lipinski definition) is 5. The quantitative estimate of drug-likeness (QED) is 0.276. The van der Waals surface area contributed by atoms with Crippen LogP contribution in [0.15, 0.2) is 76.1 Å². The van der Waals surface area contributed by atoms with E-state index in [1.807, 2.05) is 36.4 Å². The maximum atomic E-state index is 11.1. The fourth-order valence-electron chi connectivity index (χ4n) is 2.84. The van der Waals surface area contributed by atoms with Gasteiger partial charge < -0.3 is 15.2 Å².